The number of halogens is 2. The number of anilines is 1. The Bertz CT molecular complexity index is 555. The van der Waals surface area contributed by atoms with Crippen molar-refractivity contribution in [3.63, 3.8) is 0 Å². The molecule has 2 aliphatic rings. The molecule has 24 heavy (non-hydrogen) atoms. The molecule has 136 valence electrons. The van der Waals surface area contributed by atoms with Crippen LogP contribution in [0.3, 0.4) is 0 Å². The Morgan fingerprint density at radius 3 is 2.29 bits per heavy atom. The number of aryl methyl sites for hydroxylation is 1. The predicted octanol–water partition coefficient (Wildman–Crippen LogP) is 2.65. The summed E-state index contributed by atoms with van der Waals surface area (Å²) >= 11 is 0. The van der Waals surface area contributed by atoms with Crippen LogP contribution in [-0.2, 0) is 4.79 Å². The van der Waals surface area contributed by atoms with Crippen LogP contribution in [0.25, 0.3) is 0 Å². The summed E-state index contributed by atoms with van der Waals surface area (Å²) in [5.41, 5.74) is 4.02. The van der Waals surface area contributed by atoms with E-state index >= 15 is 0 Å². The maximum absolute atomic E-state index is 12.6. The quantitative estimate of drug-likeness (QED) is 0.884. The monoisotopic (exact) mass is 373 g/mol. The van der Waals surface area contributed by atoms with Gasteiger partial charge >= 0.3 is 0 Å². The fourth-order valence-corrected chi connectivity index (χ4v) is 3.40. The zero-order valence-corrected chi connectivity index (χ0v) is 16.4. The number of amides is 1. The molecule has 1 amide bonds. The van der Waals surface area contributed by atoms with Gasteiger partial charge in [-0.05, 0) is 50.0 Å². The van der Waals surface area contributed by atoms with Gasteiger partial charge in [-0.1, -0.05) is 19.1 Å². The van der Waals surface area contributed by atoms with Gasteiger partial charge in [0.15, 0.2) is 0 Å². The van der Waals surface area contributed by atoms with Crippen molar-refractivity contribution in [2.75, 3.05) is 44.2 Å². The number of carbonyl (C=O) groups is 1. The van der Waals surface area contributed by atoms with Gasteiger partial charge in [0.1, 0.15) is 0 Å². The fourth-order valence-electron chi connectivity index (χ4n) is 3.40. The molecule has 1 N–H and O–H groups in total. The molecule has 0 spiro atoms. The Morgan fingerprint density at radius 2 is 1.75 bits per heavy atom. The van der Waals surface area contributed by atoms with Crippen LogP contribution < -0.4 is 10.2 Å². The first-order chi connectivity index (χ1) is 10.6. The van der Waals surface area contributed by atoms with Crippen LogP contribution in [0.15, 0.2) is 18.2 Å². The second kappa shape index (κ2) is 8.93. The van der Waals surface area contributed by atoms with Crippen LogP contribution >= 0.6 is 24.8 Å². The fraction of sp³-hybridized carbons (Fsp3) is 0.611. The third-order valence-corrected chi connectivity index (χ3v) is 5.42. The molecule has 1 aromatic carbocycles. The highest BCUT2D eigenvalue weighted by atomic mass is 35.5. The van der Waals surface area contributed by atoms with E-state index in [1.165, 1.54) is 16.8 Å². The van der Waals surface area contributed by atoms with Gasteiger partial charge < -0.3 is 15.1 Å². The molecule has 0 bridgehead atoms. The molecule has 2 aliphatic heterocycles. The van der Waals surface area contributed by atoms with E-state index in [4.69, 9.17) is 0 Å². The van der Waals surface area contributed by atoms with Gasteiger partial charge in [0, 0.05) is 37.8 Å². The lowest BCUT2D eigenvalue weighted by atomic mass is 9.88. The van der Waals surface area contributed by atoms with Crippen molar-refractivity contribution in [2.45, 2.75) is 20.8 Å². The van der Waals surface area contributed by atoms with Gasteiger partial charge in [0.05, 0.1) is 0 Å². The normalized spacial score (nSPS) is 19.0. The topological polar surface area (TPSA) is 35.6 Å². The van der Waals surface area contributed by atoms with Crippen molar-refractivity contribution < 1.29 is 4.79 Å². The SMILES string of the molecule is Cc1cccc(N2CCN(C(=O)C(C)C3CNC3)CC2)c1C.Cl.Cl. The first-order valence-electron chi connectivity index (χ1n) is 8.38. The molecule has 0 saturated carbocycles. The van der Waals surface area contributed by atoms with Gasteiger partial charge in [-0.2, -0.15) is 0 Å². The second-order valence-corrected chi connectivity index (χ2v) is 6.74. The number of benzene rings is 1. The van der Waals surface area contributed by atoms with Crippen molar-refractivity contribution in [3.8, 4) is 0 Å². The lowest BCUT2D eigenvalue weighted by molar-refractivity contribution is -0.137. The van der Waals surface area contributed by atoms with Crippen LogP contribution in [0.1, 0.15) is 18.1 Å². The van der Waals surface area contributed by atoms with Gasteiger partial charge in [-0.15, -0.1) is 24.8 Å². The average molecular weight is 374 g/mol. The van der Waals surface area contributed by atoms with E-state index in [1.807, 2.05) is 0 Å². The van der Waals surface area contributed by atoms with E-state index in [9.17, 15) is 4.79 Å². The first-order valence-corrected chi connectivity index (χ1v) is 8.38. The maximum Gasteiger partial charge on any atom is 0.225 e. The summed E-state index contributed by atoms with van der Waals surface area (Å²) < 4.78 is 0. The van der Waals surface area contributed by atoms with Gasteiger partial charge in [-0.25, -0.2) is 0 Å². The Kier molecular flexibility index (Phi) is 7.84. The Labute approximate surface area is 157 Å². The number of nitrogens with zero attached hydrogens (tertiary/aromatic N) is 2. The smallest absolute Gasteiger partial charge is 0.225 e. The molecule has 0 radical (unpaired) electrons. The van der Waals surface area contributed by atoms with Crippen molar-refractivity contribution >= 4 is 36.4 Å². The standard InChI is InChI=1S/C18H27N3O.2ClH/c1-13-5-4-6-17(14(13)2)20-7-9-21(10-8-20)18(22)15(3)16-11-19-12-16;;/h4-6,15-16,19H,7-12H2,1-3H3;2*1H. The Hall–Kier alpha value is -0.970. The molecule has 1 unspecified atom stereocenters. The van der Waals surface area contributed by atoms with Gasteiger partial charge in [-0.3, -0.25) is 4.79 Å². The largest absolute Gasteiger partial charge is 0.368 e. The van der Waals surface area contributed by atoms with E-state index in [-0.39, 0.29) is 30.7 Å². The Morgan fingerprint density at radius 1 is 1.12 bits per heavy atom. The average Bonchev–Trinajstić information content (AvgIpc) is 2.48. The first kappa shape index (κ1) is 21.1. The van der Waals surface area contributed by atoms with Crippen LogP contribution in [-0.4, -0.2) is 50.1 Å². The van der Waals surface area contributed by atoms with Crippen LogP contribution in [0, 0.1) is 25.7 Å². The second-order valence-electron chi connectivity index (χ2n) is 6.74. The van der Waals surface area contributed by atoms with Crippen molar-refractivity contribution in [3.05, 3.63) is 29.3 Å². The summed E-state index contributed by atoms with van der Waals surface area (Å²) in [5.74, 6) is 1.03. The molecular weight excluding hydrogens is 345 g/mol. The van der Waals surface area contributed by atoms with Crippen LogP contribution in [0.4, 0.5) is 5.69 Å². The predicted molar refractivity (Wildman–Crippen MR) is 105 cm³/mol. The highest BCUT2D eigenvalue weighted by Gasteiger charge is 2.32. The molecule has 2 fully saturated rings. The maximum atomic E-state index is 12.6. The number of nitrogens with one attached hydrogen (secondary N) is 1. The molecule has 6 heteroatoms. The molecule has 4 nitrogen and oxygen atoms in total. The number of piperazine rings is 1. The summed E-state index contributed by atoms with van der Waals surface area (Å²) in [6.45, 7) is 12.0. The van der Waals surface area contributed by atoms with Crippen molar-refractivity contribution in [1.82, 2.24) is 10.2 Å². The minimum atomic E-state index is 0. The number of hydrogen-bond acceptors (Lipinski definition) is 3. The highest BCUT2D eigenvalue weighted by molar-refractivity contribution is 5.85. The Balaban J connectivity index is 0.00000144. The van der Waals surface area contributed by atoms with Gasteiger partial charge in [0.25, 0.3) is 0 Å². The van der Waals surface area contributed by atoms with E-state index in [2.05, 4.69) is 54.1 Å². The highest BCUT2D eigenvalue weighted by Crippen LogP contribution is 2.25. The van der Waals surface area contributed by atoms with E-state index in [0.717, 1.165) is 39.3 Å². The van der Waals surface area contributed by atoms with E-state index < -0.39 is 0 Å². The number of rotatable bonds is 3. The molecule has 3 rings (SSSR count). The number of hydrogen-bond donors (Lipinski definition) is 1. The van der Waals surface area contributed by atoms with E-state index in [0.29, 0.717) is 11.8 Å². The molecule has 2 saturated heterocycles. The van der Waals surface area contributed by atoms with Crippen molar-refractivity contribution in [2.24, 2.45) is 11.8 Å². The summed E-state index contributed by atoms with van der Waals surface area (Å²) in [4.78, 5) is 17.1. The summed E-state index contributed by atoms with van der Waals surface area (Å²) in [6, 6.07) is 6.48. The van der Waals surface area contributed by atoms with Gasteiger partial charge in [0.2, 0.25) is 5.91 Å². The van der Waals surface area contributed by atoms with Crippen LogP contribution in [0.5, 0.6) is 0 Å². The number of carbonyl (C=O) groups excluding carboxylic acids is 1. The molecule has 0 aromatic heterocycles. The molecule has 1 atom stereocenters. The molecule has 2 heterocycles. The summed E-state index contributed by atoms with van der Waals surface area (Å²) in [5, 5.41) is 3.26. The van der Waals surface area contributed by atoms with Crippen LogP contribution in [0.2, 0.25) is 0 Å². The minimum absolute atomic E-state index is 0. The third-order valence-electron chi connectivity index (χ3n) is 5.42. The lowest BCUT2D eigenvalue weighted by Gasteiger charge is -2.40. The minimum Gasteiger partial charge on any atom is -0.368 e. The molecule has 0 aliphatic carbocycles. The van der Waals surface area contributed by atoms with Crippen molar-refractivity contribution in [1.29, 1.82) is 0 Å². The van der Waals surface area contributed by atoms with E-state index in [1.54, 1.807) is 0 Å². The zero-order chi connectivity index (χ0) is 15.7. The summed E-state index contributed by atoms with van der Waals surface area (Å²) in [7, 11) is 0. The third kappa shape index (κ3) is 4.16. The molecular formula is C18H29Cl2N3O. The summed E-state index contributed by atoms with van der Waals surface area (Å²) in [6.07, 6.45) is 0. The zero-order valence-electron chi connectivity index (χ0n) is 14.7. The molecule has 1 aromatic rings. The lowest BCUT2D eigenvalue weighted by Crippen LogP contribution is -2.54.